The van der Waals surface area contributed by atoms with Gasteiger partial charge < -0.3 is 10.2 Å². The van der Waals surface area contributed by atoms with Gasteiger partial charge in [0.25, 0.3) is 0 Å². The number of rotatable bonds is 9. The van der Waals surface area contributed by atoms with Crippen LogP contribution in [0.1, 0.15) is 50.3 Å². The van der Waals surface area contributed by atoms with Crippen LogP contribution >= 0.6 is 23.2 Å². The zero-order valence-electron chi connectivity index (χ0n) is 18.0. The normalized spacial score (nSPS) is 12.9. The Morgan fingerprint density at radius 1 is 1.00 bits per heavy atom. The number of benzene rings is 2. The van der Waals surface area contributed by atoms with Crippen LogP contribution in [0.2, 0.25) is 10.0 Å². The van der Waals surface area contributed by atoms with Crippen LogP contribution in [0.5, 0.6) is 0 Å². The number of hydrogen-bond donors (Lipinski definition) is 1. The first-order valence-electron chi connectivity index (χ1n) is 10.3. The summed E-state index contributed by atoms with van der Waals surface area (Å²) in [4.78, 5) is 28.0. The standard InChI is InChI=1S/C24H30Cl2N2O2/c1-5-17(4)27-24(30)22(6-2)28(15-19-9-7-8-16(3)12-19)23(29)14-18-10-11-20(25)21(26)13-18/h7-13,17,22H,5-6,14-15H2,1-4H3,(H,27,30)/t17-,22+/m0/s1. The van der Waals surface area contributed by atoms with Crippen LogP contribution in [0.3, 0.4) is 0 Å². The third kappa shape index (κ3) is 6.75. The van der Waals surface area contributed by atoms with Crippen molar-refractivity contribution in [3.8, 4) is 0 Å². The van der Waals surface area contributed by atoms with Crippen LogP contribution in [-0.2, 0) is 22.6 Å². The topological polar surface area (TPSA) is 49.4 Å². The molecule has 0 unspecified atom stereocenters. The highest BCUT2D eigenvalue weighted by atomic mass is 35.5. The first-order chi connectivity index (χ1) is 14.2. The van der Waals surface area contributed by atoms with Gasteiger partial charge >= 0.3 is 0 Å². The molecule has 0 heterocycles. The third-order valence-electron chi connectivity index (χ3n) is 5.16. The van der Waals surface area contributed by atoms with Gasteiger partial charge in [0, 0.05) is 12.6 Å². The number of hydrogen-bond acceptors (Lipinski definition) is 2. The molecular weight excluding hydrogens is 419 g/mol. The Hall–Kier alpha value is -2.04. The summed E-state index contributed by atoms with van der Waals surface area (Å²) >= 11 is 12.1. The van der Waals surface area contributed by atoms with Gasteiger partial charge in [-0.3, -0.25) is 9.59 Å². The van der Waals surface area contributed by atoms with Gasteiger partial charge in [-0.05, 0) is 49.9 Å². The molecule has 0 saturated carbocycles. The predicted molar refractivity (Wildman–Crippen MR) is 124 cm³/mol. The molecule has 0 aliphatic heterocycles. The summed E-state index contributed by atoms with van der Waals surface area (Å²) in [5.74, 6) is -0.247. The quantitative estimate of drug-likeness (QED) is 0.545. The fourth-order valence-electron chi connectivity index (χ4n) is 3.29. The molecule has 6 heteroatoms. The average Bonchev–Trinajstić information content (AvgIpc) is 2.70. The number of nitrogens with zero attached hydrogens (tertiary/aromatic N) is 1. The molecule has 4 nitrogen and oxygen atoms in total. The Bertz CT molecular complexity index is 885. The monoisotopic (exact) mass is 448 g/mol. The fraction of sp³-hybridized carbons (Fsp3) is 0.417. The minimum atomic E-state index is -0.546. The van der Waals surface area contributed by atoms with Gasteiger partial charge in [-0.1, -0.05) is 72.9 Å². The summed E-state index contributed by atoms with van der Waals surface area (Å²) in [5, 5.41) is 3.88. The third-order valence-corrected chi connectivity index (χ3v) is 5.90. The number of carbonyl (C=O) groups is 2. The summed E-state index contributed by atoms with van der Waals surface area (Å²) in [5.41, 5.74) is 2.87. The lowest BCUT2D eigenvalue weighted by atomic mass is 10.1. The van der Waals surface area contributed by atoms with Crippen molar-refractivity contribution in [1.29, 1.82) is 0 Å². The van der Waals surface area contributed by atoms with E-state index in [2.05, 4.69) is 5.32 Å². The second-order valence-corrected chi connectivity index (χ2v) is 8.49. The van der Waals surface area contributed by atoms with Gasteiger partial charge in [-0.2, -0.15) is 0 Å². The molecule has 30 heavy (non-hydrogen) atoms. The lowest BCUT2D eigenvalue weighted by Crippen LogP contribution is -2.51. The maximum atomic E-state index is 13.3. The number of amides is 2. The molecule has 2 aromatic carbocycles. The largest absolute Gasteiger partial charge is 0.352 e. The first kappa shape index (κ1) is 24.2. The lowest BCUT2D eigenvalue weighted by molar-refractivity contribution is -0.141. The molecule has 0 spiro atoms. The van der Waals surface area contributed by atoms with E-state index in [4.69, 9.17) is 23.2 Å². The highest BCUT2D eigenvalue weighted by molar-refractivity contribution is 6.42. The lowest BCUT2D eigenvalue weighted by Gasteiger charge is -2.31. The molecule has 0 radical (unpaired) electrons. The predicted octanol–water partition coefficient (Wildman–Crippen LogP) is 5.57. The van der Waals surface area contributed by atoms with Crippen molar-refractivity contribution in [3.05, 3.63) is 69.2 Å². The Kier molecular flexibility index (Phi) is 9.19. The van der Waals surface area contributed by atoms with E-state index in [1.807, 2.05) is 52.0 Å². The van der Waals surface area contributed by atoms with E-state index < -0.39 is 6.04 Å². The van der Waals surface area contributed by atoms with Gasteiger partial charge in [0.2, 0.25) is 11.8 Å². The molecule has 0 aliphatic rings. The second-order valence-electron chi connectivity index (χ2n) is 7.68. The maximum absolute atomic E-state index is 13.3. The highest BCUT2D eigenvalue weighted by Gasteiger charge is 2.29. The average molecular weight is 449 g/mol. The first-order valence-corrected chi connectivity index (χ1v) is 11.1. The summed E-state index contributed by atoms with van der Waals surface area (Å²) in [6.07, 6.45) is 1.51. The van der Waals surface area contributed by atoms with Crippen LogP contribution in [0, 0.1) is 6.92 Å². The van der Waals surface area contributed by atoms with E-state index in [-0.39, 0.29) is 24.3 Å². The summed E-state index contributed by atoms with van der Waals surface area (Å²) < 4.78 is 0. The van der Waals surface area contributed by atoms with Gasteiger partial charge in [0.15, 0.2) is 0 Å². The minimum Gasteiger partial charge on any atom is -0.352 e. The van der Waals surface area contributed by atoms with E-state index in [0.717, 1.165) is 23.1 Å². The number of aryl methyl sites for hydroxylation is 1. The van der Waals surface area contributed by atoms with Crippen molar-refractivity contribution < 1.29 is 9.59 Å². The van der Waals surface area contributed by atoms with Crippen molar-refractivity contribution >= 4 is 35.0 Å². The van der Waals surface area contributed by atoms with Crippen molar-refractivity contribution in [2.75, 3.05) is 0 Å². The molecule has 2 atom stereocenters. The highest BCUT2D eigenvalue weighted by Crippen LogP contribution is 2.24. The zero-order chi connectivity index (χ0) is 22.3. The van der Waals surface area contributed by atoms with Crippen LogP contribution in [0.15, 0.2) is 42.5 Å². The SMILES string of the molecule is CC[C@H](C(=O)N[C@@H](C)CC)N(Cc1cccc(C)c1)C(=O)Cc1ccc(Cl)c(Cl)c1. The number of nitrogens with one attached hydrogen (secondary N) is 1. The fourth-order valence-corrected chi connectivity index (χ4v) is 3.61. The Balaban J connectivity index is 2.31. The van der Waals surface area contributed by atoms with E-state index >= 15 is 0 Å². The molecule has 2 rings (SSSR count). The Labute approximate surface area is 189 Å². The summed E-state index contributed by atoms with van der Waals surface area (Å²) in [6.45, 7) is 8.29. The molecule has 162 valence electrons. The summed E-state index contributed by atoms with van der Waals surface area (Å²) in [6, 6.07) is 12.7. The molecule has 0 saturated heterocycles. The molecule has 2 amide bonds. The molecule has 2 aromatic rings. The zero-order valence-corrected chi connectivity index (χ0v) is 19.6. The van der Waals surface area contributed by atoms with E-state index in [9.17, 15) is 9.59 Å². The molecule has 0 aromatic heterocycles. The van der Waals surface area contributed by atoms with E-state index in [1.165, 1.54) is 0 Å². The molecule has 0 bridgehead atoms. The molecular formula is C24H30Cl2N2O2. The smallest absolute Gasteiger partial charge is 0.243 e. The number of carbonyl (C=O) groups excluding carboxylic acids is 2. The Morgan fingerprint density at radius 2 is 1.73 bits per heavy atom. The van der Waals surface area contributed by atoms with Crippen molar-refractivity contribution in [1.82, 2.24) is 10.2 Å². The van der Waals surface area contributed by atoms with E-state index in [0.29, 0.717) is 23.0 Å². The molecule has 0 aliphatic carbocycles. The van der Waals surface area contributed by atoms with Crippen LogP contribution in [0.4, 0.5) is 0 Å². The van der Waals surface area contributed by atoms with Crippen molar-refractivity contribution in [3.63, 3.8) is 0 Å². The van der Waals surface area contributed by atoms with Crippen molar-refractivity contribution in [2.24, 2.45) is 0 Å². The molecule has 1 N–H and O–H groups in total. The summed E-state index contributed by atoms with van der Waals surface area (Å²) in [7, 11) is 0. The maximum Gasteiger partial charge on any atom is 0.243 e. The Morgan fingerprint density at radius 3 is 2.33 bits per heavy atom. The van der Waals surface area contributed by atoms with Crippen LogP contribution in [-0.4, -0.2) is 28.8 Å². The molecule has 0 fully saturated rings. The van der Waals surface area contributed by atoms with E-state index in [1.54, 1.807) is 23.1 Å². The minimum absolute atomic E-state index is 0.0533. The van der Waals surface area contributed by atoms with Gasteiger partial charge in [-0.15, -0.1) is 0 Å². The van der Waals surface area contributed by atoms with Crippen LogP contribution < -0.4 is 5.32 Å². The van der Waals surface area contributed by atoms with Gasteiger partial charge in [0.05, 0.1) is 16.5 Å². The second kappa shape index (κ2) is 11.4. The number of halogens is 2. The van der Waals surface area contributed by atoms with Crippen LogP contribution in [0.25, 0.3) is 0 Å². The van der Waals surface area contributed by atoms with Gasteiger partial charge in [-0.25, -0.2) is 0 Å². The van der Waals surface area contributed by atoms with Crippen molar-refractivity contribution in [2.45, 2.75) is 65.6 Å². The van der Waals surface area contributed by atoms with Gasteiger partial charge in [0.1, 0.15) is 6.04 Å².